The van der Waals surface area contributed by atoms with Crippen molar-refractivity contribution >= 4 is 11.6 Å². The molecule has 0 radical (unpaired) electrons. The Kier molecular flexibility index (Phi) is 6.65. The molecule has 146 valence electrons. The quantitative estimate of drug-likeness (QED) is 0.359. The van der Waals surface area contributed by atoms with E-state index >= 15 is 0 Å². The smallest absolute Gasteiger partial charge is 0.161 e. The van der Waals surface area contributed by atoms with Gasteiger partial charge in [-0.2, -0.15) is 5.26 Å². The van der Waals surface area contributed by atoms with Gasteiger partial charge in [0.1, 0.15) is 12.4 Å². The van der Waals surface area contributed by atoms with E-state index < -0.39 is 0 Å². The fraction of sp³-hybridized carbons (Fsp3) is 0.160. The molecule has 3 nitrogen and oxygen atoms in total. The summed E-state index contributed by atoms with van der Waals surface area (Å²) in [6.07, 6.45) is 1.71. The molecule has 4 heteroatoms. The average molecular weight is 387 g/mol. The molecule has 0 aliphatic heterocycles. The van der Waals surface area contributed by atoms with Gasteiger partial charge in [-0.05, 0) is 60.9 Å². The van der Waals surface area contributed by atoms with Crippen LogP contribution in [0.3, 0.4) is 0 Å². The summed E-state index contributed by atoms with van der Waals surface area (Å²) in [5, 5.41) is 9.49. The van der Waals surface area contributed by atoms with E-state index in [0.717, 1.165) is 11.1 Å². The summed E-state index contributed by atoms with van der Waals surface area (Å²) in [6.45, 7) is 4.87. The Morgan fingerprint density at radius 1 is 1.00 bits per heavy atom. The zero-order valence-corrected chi connectivity index (χ0v) is 16.5. The third kappa shape index (κ3) is 5.46. The molecule has 0 amide bonds. The lowest BCUT2D eigenvalue weighted by Crippen LogP contribution is -2.00. The van der Waals surface area contributed by atoms with E-state index in [1.807, 2.05) is 56.3 Å². The minimum Gasteiger partial charge on any atom is -0.490 e. The minimum absolute atomic E-state index is 0.375. The summed E-state index contributed by atoms with van der Waals surface area (Å²) in [4.78, 5) is 0. The largest absolute Gasteiger partial charge is 0.490 e. The Hall–Kier alpha value is -3.58. The van der Waals surface area contributed by atoms with Crippen LogP contribution < -0.4 is 9.47 Å². The summed E-state index contributed by atoms with van der Waals surface area (Å²) < 4.78 is 25.2. The first-order chi connectivity index (χ1) is 14.1. The SMILES string of the molecule is CCOc1cc(/C=C(/C#N)c2cccc(F)c2)ccc1OCc1ccc(C)cc1. The molecule has 3 aromatic carbocycles. The van der Waals surface area contributed by atoms with Crippen LogP contribution >= 0.6 is 0 Å². The van der Waals surface area contributed by atoms with Crippen molar-refractivity contribution in [3.8, 4) is 17.6 Å². The number of hydrogen-bond donors (Lipinski definition) is 0. The Morgan fingerprint density at radius 2 is 1.79 bits per heavy atom. The molecule has 3 aromatic rings. The van der Waals surface area contributed by atoms with Gasteiger partial charge in [-0.3, -0.25) is 0 Å². The highest BCUT2D eigenvalue weighted by molar-refractivity contribution is 5.89. The van der Waals surface area contributed by atoms with Gasteiger partial charge in [-0.15, -0.1) is 0 Å². The van der Waals surface area contributed by atoms with Crippen molar-refractivity contribution in [2.75, 3.05) is 6.61 Å². The predicted molar refractivity (Wildman–Crippen MR) is 113 cm³/mol. The van der Waals surface area contributed by atoms with Crippen molar-refractivity contribution in [2.24, 2.45) is 0 Å². The number of benzene rings is 3. The number of rotatable bonds is 7. The zero-order chi connectivity index (χ0) is 20.6. The molecule has 0 aliphatic carbocycles. The minimum atomic E-state index is -0.376. The Morgan fingerprint density at radius 3 is 2.48 bits per heavy atom. The second-order valence-electron chi connectivity index (χ2n) is 6.59. The molecule has 3 rings (SSSR count). The number of allylic oxidation sites excluding steroid dienone is 1. The lowest BCUT2D eigenvalue weighted by Gasteiger charge is -2.13. The van der Waals surface area contributed by atoms with Crippen molar-refractivity contribution in [3.05, 3.63) is 94.8 Å². The molecule has 0 bridgehead atoms. The number of nitriles is 1. The molecule has 0 heterocycles. The Balaban J connectivity index is 1.84. The molecule has 0 spiro atoms. The first-order valence-corrected chi connectivity index (χ1v) is 9.42. The standard InChI is InChI=1S/C25H22FNO2/c1-3-28-25-14-20(13-22(16-27)21-5-4-6-23(26)15-21)11-12-24(25)29-17-19-9-7-18(2)8-10-19/h4-15H,3,17H2,1-2H3/b22-13-. The average Bonchev–Trinajstić information content (AvgIpc) is 2.73. The zero-order valence-electron chi connectivity index (χ0n) is 16.5. The van der Waals surface area contributed by atoms with Gasteiger partial charge in [0.2, 0.25) is 0 Å². The molecule has 0 aliphatic rings. The predicted octanol–water partition coefficient (Wildman–Crippen LogP) is 6.18. The van der Waals surface area contributed by atoms with E-state index in [1.54, 1.807) is 18.2 Å². The maximum Gasteiger partial charge on any atom is 0.161 e. The fourth-order valence-electron chi connectivity index (χ4n) is 2.85. The second kappa shape index (κ2) is 9.57. The number of halogens is 1. The molecule has 29 heavy (non-hydrogen) atoms. The van der Waals surface area contributed by atoms with Crippen LogP contribution in [-0.2, 0) is 6.61 Å². The third-order valence-corrected chi connectivity index (χ3v) is 4.35. The third-order valence-electron chi connectivity index (χ3n) is 4.35. The van der Waals surface area contributed by atoms with E-state index in [2.05, 4.69) is 6.07 Å². The lowest BCUT2D eigenvalue weighted by molar-refractivity contribution is 0.269. The van der Waals surface area contributed by atoms with Crippen LogP contribution in [-0.4, -0.2) is 6.61 Å². The first-order valence-electron chi connectivity index (χ1n) is 9.42. The number of hydrogen-bond acceptors (Lipinski definition) is 3. The molecule has 0 atom stereocenters. The maximum atomic E-state index is 13.5. The van der Waals surface area contributed by atoms with Gasteiger partial charge < -0.3 is 9.47 Å². The van der Waals surface area contributed by atoms with E-state index in [1.165, 1.54) is 17.7 Å². The van der Waals surface area contributed by atoms with Gasteiger partial charge in [-0.25, -0.2) is 4.39 Å². The van der Waals surface area contributed by atoms with Gasteiger partial charge in [0.15, 0.2) is 11.5 Å². The van der Waals surface area contributed by atoms with Gasteiger partial charge >= 0.3 is 0 Å². The van der Waals surface area contributed by atoms with Gasteiger partial charge in [0, 0.05) is 0 Å². The molecule has 0 N–H and O–H groups in total. The monoisotopic (exact) mass is 387 g/mol. The van der Waals surface area contributed by atoms with Gasteiger partial charge in [-0.1, -0.05) is 48.0 Å². The van der Waals surface area contributed by atoms with Crippen molar-refractivity contribution in [2.45, 2.75) is 20.5 Å². The lowest BCUT2D eigenvalue weighted by atomic mass is 10.0. The summed E-state index contributed by atoms with van der Waals surface area (Å²) in [7, 11) is 0. The normalized spacial score (nSPS) is 11.0. The molecule has 0 fully saturated rings. The summed E-state index contributed by atoms with van der Waals surface area (Å²) >= 11 is 0. The van der Waals surface area contributed by atoms with Crippen molar-refractivity contribution in [1.29, 1.82) is 5.26 Å². The van der Waals surface area contributed by atoms with Crippen LogP contribution in [0.25, 0.3) is 11.6 Å². The maximum absolute atomic E-state index is 13.5. The van der Waals surface area contributed by atoms with Gasteiger partial charge in [0.25, 0.3) is 0 Å². The summed E-state index contributed by atoms with van der Waals surface area (Å²) in [5.41, 5.74) is 3.95. The molecule has 0 aromatic heterocycles. The highest BCUT2D eigenvalue weighted by atomic mass is 19.1. The number of aryl methyl sites for hydroxylation is 1. The fourth-order valence-corrected chi connectivity index (χ4v) is 2.85. The number of nitrogens with zero attached hydrogens (tertiary/aromatic N) is 1. The van der Waals surface area contributed by atoms with Crippen LogP contribution in [0.1, 0.15) is 29.2 Å². The second-order valence-corrected chi connectivity index (χ2v) is 6.59. The first kappa shape index (κ1) is 20.2. The summed E-state index contributed by atoms with van der Waals surface area (Å²) in [6, 6.07) is 21.8. The molecule has 0 saturated carbocycles. The molecular weight excluding hydrogens is 365 g/mol. The highest BCUT2D eigenvalue weighted by Crippen LogP contribution is 2.31. The van der Waals surface area contributed by atoms with Crippen LogP contribution in [0.4, 0.5) is 4.39 Å². The van der Waals surface area contributed by atoms with Crippen molar-refractivity contribution in [3.63, 3.8) is 0 Å². The summed E-state index contributed by atoms with van der Waals surface area (Å²) in [5.74, 6) is 0.859. The highest BCUT2D eigenvalue weighted by Gasteiger charge is 2.08. The van der Waals surface area contributed by atoms with E-state index in [4.69, 9.17) is 9.47 Å². The molecule has 0 unspecified atom stereocenters. The molecular formula is C25H22FNO2. The molecule has 0 saturated heterocycles. The van der Waals surface area contributed by atoms with Crippen LogP contribution in [0.2, 0.25) is 0 Å². The van der Waals surface area contributed by atoms with E-state index in [9.17, 15) is 9.65 Å². The van der Waals surface area contributed by atoms with Crippen LogP contribution in [0.5, 0.6) is 11.5 Å². The van der Waals surface area contributed by atoms with Crippen LogP contribution in [0, 0.1) is 24.1 Å². The topological polar surface area (TPSA) is 42.2 Å². The van der Waals surface area contributed by atoms with Gasteiger partial charge in [0.05, 0.1) is 18.2 Å². The van der Waals surface area contributed by atoms with E-state index in [-0.39, 0.29) is 5.82 Å². The number of ether oxygens (including phenoxy) is 2. The Bertz CT molecular complexity index is 1050. The van der Waals surface area contributed by atoms with Crippen LogP contribution in [0.15, 0.2) is 66.7 Å². The van der Waals surface area contributed by atoms with Crippen molar-refractivity contribution < 1.29 is 13.9 Å². The Labute approximate surface area is 170 Å². The van der Waals surface area contributed by atoms with E-state index in [0.29, 0.717) is 35.8 Å². The van der Waals surface area contributed by atoms with Crippen molar-refractivity contribution in [1.82, 2.24) is 0 Å².